The number of hydrogen-bond acceptors (Lipinski definition) is 4. The number of rotatable bonds is 3. The third-order valence-corrected chi connectivity index (χ3v) is 4.83. The summed E-state index contributed by atoms with van der Waals surface area (Å²) in [4.78, 5) is 30.7. The molecule has 2 aliphatic rings. The molecular formula is C18H25N3O3. The number of aromatic hydroxyl groups is 1. The van der Waals surface area contributed by atoms with Crippen LogP contribution in [0.4, 0.5) is 0 Å². The lowest BCUT2D eigenvalue weighted by atomic mass is 10.1. The maximum atomic E-state index is 12.6. The Balaban J connectivity index is 1.56. The van der Waals surface area contributed by atoms with Crippen LogP contribution in [0.3, 0.4) is 0 Å². The van der Waals surface area contributed by atoms with Crippen molar-refractivity contribution in [2.24, 2.45) is 0 Å². The lowest BCUT2D eigenvalue weighted by molar-refractivity contribution is -0.131. The van der Waals surface area contributed by atoms with Crippen molar-refractivity contribution in [2.45, 2.75) is 19.3 Å². The van der Waals surface area contributed by atoms with E-state index in [2.05, 4.69) is 4.90 Å². The van der Waals surface area contributed by atoms with Crippen LogP contribution in [0.25, 0.3) is 0 Å². The SMILES string of the molecule is O=C(CN1CCCN(C(=O)c2ccccc2O)CC1)N1CCCC1. The number of amides is 2. The maximum absolute atomic E-state index is 12.6. The number of nitrogens with zero attached hydrogens (tertiary/aromatic N) is 3. The maximum Gasteiger partial charge on any atom is 0.257 e. The topological polar surface area (TPSA) is 64.1 Å². The van der Waals surface area contributed by atoms with Crippen molar-refractivity contribution in [3.05, 3.63) is 29.8 Å². The van der Waals surface area contributed by atoms with E-state index in [0.717, 1.165) is 38.9 Å². The second-order valence-electron chi connectivity index (χ2n) is 6.53. The van der Waals surface area contributed by atoms with Crippen LogP contribution in [-0.4, -0.2) is 77.4 Å². The van der Waals surface area contributed by atoms with Gasteiger partial charge in [-0.25, -0.2) is 0 Å². The fraction of sp³-hybridized carbons (Fsp3) is 0.556. The molecule has 1 N–H and O–H groups in total. The van der Waals surface area contributed by atoms with Crippen LogP contribution in [0.1, 0.15) is 29.6 Å². The Bertz CT molecular complexity index is 599. The molecule has 0 atom stereocenters. The highest BCUT2D eigenvalue weighted by atomic mass is 16.3. The molecule has 2 amide bonds. The van der Waals surface area contributed by atoms with E-state index in [-0.39, 0.29) is 17.6 Å². The van der Waals surface area contributed by atoms with Crippen LogP contribution in [0.5, 0.6) is 5.75 Å². The molecule has 6 nitrogen and oxygen atoms in total. The molecule has 0 unspecified atom stereocenters. The first-order valence-corrected chi connectivity index (χ1v) is 8.72. The first kappa shape index (κ1) is 16.8. The molecular weight excluding hydrogens is 306 g/mol. The first-order chi connectivity index (χ1) is 11.6. The molecule has 0 bridgehead atoms. The third-order valence-electron chi connectivity index (χ3n) is 4.83. The van der Waals surface area contributed by atoms with Crippen molar-refractivity contribution < 1.29 is 14.7 Å². The van der Waals surface area contributed by atoms with Gasteiger partial charge in [-0.15, -0.1) is 0 Å². The number of carbonyl (C=O) groups is 2. The summed E-state index contributed by atoms with van der Waals surface area (Å²) in [6.07, 6.45) is 3.05. The zero-order chi connectivity index (χ0) is 16.9. The average molecular weight is 331 g/mol. The Hall–Kier alpha value is -2.08. The Morgan fingerprint density at radius 3 is 2.33 bits per heavy atom. The normalized spacial score (nSPS) is 19.3. The van der Waals surface area contributed by atoms with Gasteiger partial charge < -0.3 is 14.9 Å². The van der Waals surface area contributed by atoms with E-state index in [0.29, 0.717) is 31.7 Å². The Morgan fingerprint density at radius 1 is 0.875 bits per heavy atom. The minimum atomic E-state index is -0.138. The summed E-state index contributed by atoms with van der Waals surface area (Å²) in [6, 6.07) is 6.65. The molecule has 1 aromatic rings. The molecule has 6 heteroatoms. The molecule has 1 aromatic carbocycles. The van der Waals surface area contributed by atoms with Crippen LogP contribution in [-0.2, 0) is 4.79 Å². The molecule has 0 saturated carbocycles. The van der Waals surface area contributed by atoms with Crippen molar-refractivity contribution in [1.29, 1.82) is 0 Å². The van der Waals surface area contributed by atoms with E-state index in [9.17, 15) is 14.7 Å². The average Bonchev–Trinajstić information content (AvgIpc) is 3.02. The van der Waals surface area contributed by atoms with Crippen molar-refractivity contribution in [3.8, 4) is 5.75 Å². The summed E-state index contributed by atoms with van der Waals surface area (Å²) in [6.45, 7) is 4.96. The van der Waals surface area contributed by atoms with Gasteiger partial charge in [-0.2, -0.15) is 0 Å². The number of benzene rings is 1. The van der Waals surface area contributed by atoms with Crippen LogP contribution in [0.2, 0.25) is 0 Å². The summed E-state index contributed by atoms with van der Waals surface area (Å²) < 4.78 is 0. The van der Waals surface area contributed by atoms with Gasteiger partial charge in [0.05, 0.1) is 12.1 Å². The molecule has 3 rings (SSSR count). The first-order valence-electron chi connectivity index (χ1n) is 8.72. The molecule has 2 heterocycles. The van der Waals surface area contributed by atoms with Crippen molar-refractivity contribution in [1.82, 2.24) is 14.7 Å². The van der Waals surface area contributed by atoms with Crippen molar-refractivity contribution in [2.75, 3.05) is 45.8 Å². The number of phenolic OH excluding ortho intramolecular Hbond substituents is 1. The number of hydrogen-bond donors (Lipinski definition) is 1. The highest BCUT2D eigenvalue weighted by Crippen LogP contribution is 2.19. The summed E-state index contributed by atoms with van der Waals surface area (Å²) in [7, 11) is 0. The van der Waals surface area contributed by atoms with Gasteiger partial charge in [-0.3, -0.25) is 14.5 Å². The summed E-state index contributed by atoms with van der Waals surface area (Å²) >= 11 is 0. The van der Waals surface area contributed by atoms with Crippen LogP contribution in [0.15, 0.2) is 24.3 Å². The largest absolute Gasteiger partial charge is 0.507 e. The second kappa shape index (κ2) is 7.66. The number of phenols is 1. The van der Waals surface area contributed by atoms with E-state index in [4.69, 9.17) is 0 Å². The van der Waals surface area contributed by atoms with E-state index in [1.165, 1.54) is 6.07 Å². The lowest BCUT2D eigenvalue weighted by Gasteiger charge is -2.24. The van der Waals surface area contributed by atoms with Gasteiger partial charge in [0.2, 0.25) is 5.91 Å². The highest BCUT2D eigenvalue weighted by molar-refractivity contribution is 5.96. The zero-order valence-electron chi connectivity index (χ0n) is 14.0. The van der Waals surface area contributed by atoms with Gasteiger partial charge in [0.25, 0.3) is 5.91 Å². The quantitative estimate of drug-likeness (QED) is 0.903. The van der Waals surface area contributed by atoms with E-state index in [1.807, 2.05) is 4.90 Å². The molecule has 0 aromatic heterocycles. The molecule has 0 spiro atoms. The molecule has 0 aliphatic carbocycles. The fourth-order valence-corrected chi connectivity index (χ4v) is 3.41. The molecule has 2 aliphatic heterocycles. The predicted octanol–water partition coefficient (Wildman–Crippen LogP) is 1.16. The molecule has 24 heavy (non-hydrogen) atoms. The Labute approximate surface area is 142 Å². The van der Waals surface area contributed by atoms with Gasteiger partial charge in [-0.1, -0.05) is 12.1 Å². The lowest BCUT2D eigenvalue weighted by Crippen LogP contribution is -2.41. The molecule has 2 fully saturated rings. The van der Waals surface area contributed by atoms with Gasteiger partial charge in [0.15, 0.2) is 0 Å². The Morgan fingerprint density at radius 2 is 1.58 bits per heavy atom. The molecule has 130 valence electrons. The van der Waals surface area contributed by atoms with Crippen molar-refractivity contribution >= 4 is 11.8 Å². The van der Waals surface area contributed by atoms with Gasteiger partial charge in [0.1, 0.15) is 5.75 Å². The molecule has 2 saturated heterocycles. The smallest absolute Gasteiger partial charge is 0.257 e. The fourth-order valence-electron chi connectivity index (χ4n) is 3.41. The monoisotopic (exact) mass is 331 g/mol. The number of carbonyl (C=O) groups excluding carboxylic acids is 2. The summed E-state index contributed by atoms with van der Waals surface area (Å²) in [5.74, 6) is 0.0848. The summed E-state index contributed by atoms with van der Waals surface area (Å²) in [5.41, 5.74) is 0.346. The van der Waals surface area contributed by atoms with Gasteiger partial charge in [-0.05, 0) is 31.4 Å². The highest BCUT2D eigenvalue weighted by Gasteiger charge is 2.25. The van der Waals surface area contributed by atoms with Gasteiger partial charge in [0, 0.05) is 39.3 Å². The minimum absolute atomic E-state index is 0.0211. The third kappa shape index (κ3) is 3.87. The number of para-hydroxylation sites is 1. The molecule has 0 radical (unpaired) electrons. The van der Waals surface area contributed by atoms with Gasteiger partial charge >= 0.3 is 0 Å². The summed E-state index contributed by atoms with van der Waals surface area (Å²) in [5, 5.41) is 9.87. The van der Waals surface area contributed by atoms with Crippen LogP contribution >= 0.6 is 0 Å². The van der Waals surface area contributed by atoms with Crippen LogP contribution < -0.4 is 0 Å². The van der Waals surface area contributed by atoms with E-state index >= 15 is 0 Å². The standard InChI is InChI=1S/C18H25N3O3/c22-16-7-2-1-6-15(16)18(24)21-11-5-8-19(12-13-21)14-17(23)20-9-3-4-10-20/h1-2,6-7,22H,3-5,8-14H2. The van der Waals surface area contributed by atoms with Crippen molar-refractivity contribution in [3.63, 3.8) is 0 Å². The minimum Gasteiger partial charge on any atom is -0.507 e. The Kier molecular flexibility index (Phi) is 5.35. The van der Waals surface area contributed by atoms with E-state index < -0.39 is 0 Å². The number of likely N-dealkylation sites (tertiary alicyclic amines) is 1. The van der Waals surface area contributed by atoms with Crippen LogP contribution in [0, 0.1) is 0 Å². The predicted molar refractivity (Wildman–Crippen MR) is 90.9 cm³/mol. The second-order valence-corrected chi connectivity index (χ2v) is 6.53. The zero-order valence-corrected chi connectivity index (χ0v) is 14.0. The van der Waals surface area contributed by atoms with E-state index in [1.54, 1.807) is 23.1 Å².